The summed E-state index contributed by atoms with van der Waals surface area (Å²) in [6.07, 6.45) is 8.40. The highest BCUT2D eigenvalue weighted by Crippen LogP contribution is 2.28. The molecule has 7 heteroatoms. The van der Waals surface area contributed by atoms with Gasteiger partial charge in [-0.1, -0.05) is 35.6 Å². The number of aromatic nitrogens is 4. The van der Waals surface area contributed by atoms with Crippen molar-refractivity contribution in [2.75, 3.05) is 5.75 Å². The van der Waals surface area contributed by atoms with Gasteiger partial charge in [-0.2, -0.15) is 9.61 Å². The molecule has 1 aliphatic heterocycles. The molecule has 1 aliphatic rings. The summed E-state index contributed by atoms with van der Waals surface area (Å²) in [4.78, 5) is 15.1. The standard InChI is InChI=1S/C20H25N5OS/c1-5-7-16-11-14(3)12-17(8-6-2)24(16)20(26)13-27-19-10-9-18-22-21-15(4)25(18)23-19/h5-6,9-11,16-17H,1-2,7-8,12-13H2,3-4H3/t16-,17-/m1/s1. The highest BCUT2D eigenvalue weighted by molar-refractivity contribution is 7.99. The lowest BCUT2D eigenvalue weighted by Gasteiger charge is -2.40. The number of hydrogen-bond donors (Lipinski definition) is 0. The Balaban J connectivity index is 1.75. The fourth-order valence-corrected chi connectivity index (χ4v) is 4.24. The first kappa shape index (κ1) is 19.4. The summed E-state index contributed by atoms with van der Waals surface area (Å²) < 4.78 is 1.70. The number of rotatable bonds is 7. The third-order valence-electron chi connectivity index (χ3n) is 4.66. The van der Waals surface area contributed by atoms with Crippen molar-refractivity contribution in [1.82, 2.24) is 24.7 Å². The van der Waals surface area contributed by atoms with Crippen LogP contribution in [-0.2, 0) is 4.79 Å². The van der Waals surface area contributed by atoms with Crippen LogP contribution in [0.15, 0.2) is 54.1 Å². The quantitative estimate of drug-likeness (QED) is 0.540. The number of fused-ring (bicyclic) bond motifs is 1. The van der Waals surface area contributed by atoms with Crippen LogP contribution < -0.4 is 0 Å². The van der Waals surface area contributed by atoms with Crippen LogP contribution in [0.5, 0.6) is 0 Å². The van der Waals surface area contributed by atoms with Gasteiger partial charge in [0.15, 0.2) is 11.5 Å². The van der Waals surface area contributed by atoms with E-state index in [4.69, 9.17) is 0 Å². The number of nitrogens with zero attached hydrogens (tertiary/aromatic N) is 5. The summed E-state index contributed by atoms with van der Waals surface area (Å²) in [5, 5.41) is 13.3. The minimum absolute atomic E-state index is 0.0600. The van der Waals surface area contributed by atoms with Crippen molar-refractivity contribution in [1.29, 1.82) is 0 Å². The molecule has 0 bridgehead atoms. The summed E-state index contributed by atoms with van der Waals surface area (Å²) in [6, 6.07) is 3.96. The van der Waals surface area contributed by atoms with E-state index < -0.39 is 0 Å². The van der Waals surface area contributed by atoms with Crippen LogP contribution >= 0.6 is 11.8 Å². The third kappa shape index (κ3) is 4.30. The first-order valence-electron chi connectivity index (χ1n) is 9.05. The van der Waals surface area contributed by atoms with E-state index in [9.17, 15) is 4.79 Å². The second-order valence-electron chi connectivity index (χ2n) is 6.77. The molecule has 0 fully saturated rings. The van der Waals surface area contributed by atoms with Gasteiger partial charge in [-0.15, -0.1) is 23.4 Å². The van der Waals surface area contributed by atoms with E-state index in [0.717, 1.165) is 30.1 Å². The Morgan fingerprint density at radius 2 is 2.04 bits per heavy atom. The maximum absolute atomic E-state index is 13.1. The molecule has 0 N–H and O–H groups in total. The molecular weight excluding hydrogens is 358 g/mol. The maximum atomic E-state index is 13.1. The van der Waals surface area contributed by atoms with Crippen LogP contribution in [0, 0.1) is 6.92 Å². The van der Waals surface area contributed by atoms with Crippen LogP contribution in [0.25, 0.3) is 5.65 Å². The van der Waals surface area contributed by atoms with Crippen molar-refractivity contribution in [3.63, 3.8) is 0 Å². The van der Waals surface area contributed by atoms with Crippen molar-refractivity contribution >= 4 is 23.3 Å². The second-order valence-corrected chi connectivity index (χ2v) is 7.76. The first-order chi connectivity index (χ1) is 13.0. The van der Waals surface area contributed by atoms with Gasteiger partial charge in [0.05, 0.1) is 11.8 Å². The summed E-state index contributed by atoms with van der Waals surface area (Å²) in [5.41, 5.74) is 2.03. The zero-order valence-electron chi connectivity index (χ0n) is 15.8. The van der Waals surface area contributed by atoms with Gasteiger partial charge in [0.1, 0.15) is 5.03 Å². The Kier molecular flexibility index (Phi) is 6.11. The van der Waals surface area contributed by atoms with Crippen molar-refractivity contribution < 1.29 is 4.79 Å². The van der Waals surface area contributed by atoms with Crippen molar-refractivity contribution in [2.45, 2.75) is 50.2 Å². The largest absolute Gasteiger partial charge is 0.332 e. The molecule has 3 rings (SSSR count). The Hall–Kier alpha value is -2.41. The fraction of sp³-hybridized carbons (Fsp3) is 0.400. The van der Waals surface area contributed by atoms with E-state index in [1.54, 1.807) is 4.52 Å². The minimum Gasteiger partial charge on any atom is -0.332 e. The minimum atomic E-state index is 0.0600. The molecule has 0 saturated heterocycles. The van der Waals surface area contributed by atoms with Gasteiger partial charge in [-0.25, -0.2) is 0 Å². The average Bonchev–Trinajstić information content (AvgIpc) is 3.01. The van der Waals surface area contributed by atoms with Gasteiger partial charge in [-0.05, 0) is 45.2 Å². The van der Waals surface area contributed by atoms with Gasteiger partial charge in [0.2, 0.25) is 5.91 Å². The molecule has 0 aliphatic carbocycles. The Morgan fingerprint density at radius 3 is 2.78 bits per heavy atom. The zero-order chi connectivity index (χ0) is 19.4. The number of thioether (sulfide) groups is 1. The molecule has 0 unspecified atom stereocenters. The van der Waals surface area contributed by atoms with E-state index in [1.807, 2.05) is 36.1 Å². The molecule has 3 heterocycles. The van der Waals surface area contributed by atoms with Crippen LogP contribution in [0.3, 0.4) is 0 Å². The lowest BCUT2D eigenvalue weighted by atomic mass is 9.92. The Bertz CT molecular complexity index is 888. The zero-order valence-corrected chi connectivity index (χ0v) is 16.7. The van der Waals surface area contributed by atoms with Crippen LogP contribution in [-0.4, -0.2) is 48.5 Å². The average molecular weight is 384 g/mol. The lowest BCUT2D eigenvalue weighted by Crippen LogP contribution is -2.49. The molecular formula is C20H25N5OS. The molecule has 142 valence electrons. The van der Waals surface area contributed by atoms with E-state index in [-0.39, 0.29) is 18.0 Å². The molecule has 0 aromatic carbocycles. The highest BCUT2D eigenvalue weighted by atomic mass is 32.2. The molecule has 0 saturated carbocycles. The number of hydrogen-bond acceptors (Lipinski definition) is 5. The Labute approximate surface area is 164 Å². The molecule has 27 heavy (non-hydrogen) atoms. The molecule has 0 radical (unpaired) electrons. The molecule has 2 atom stereocenters. The normalized spacial score (nSPS) is 19.8. The van der Waals surface area contributed by atoms with Gasteiger partial charge in [0.25, 0.3) is 0 Å². The van der Waals surface area contributed by atoms with Crippen molar-refractivity contribution in [3.8, 4) is 0 Å². The third-order valence-corrected chi connectivity index (χ3v) is 5.56. The SMILES string of the molecule is C=CC[C@@H]1CC(C)=C[C@@H](CC=C)N1C(=O)CSc1ccc2nnc(C)n2n1. The Morgan fingerprint density at radius 1 is 1.26 bits per heavy atom. The van der Waals surface area contributed by atoms with Crippen LogP contribution in [0.4, 0.5) is 0 Å². The van der Waals surface area contributed by atoms with Gasteiger partial charge in [-0.3, -0.25) is 4.79 Å². The second kappa shape index (κ2) is 8.52. The number of carbonyl (C=O) groups excluding carboxylic acids is 1. The number of aryl methyl sites for hydroxylation is 1. The van der Waals surface area contributed by atoms with Gasteiger partial charge >= 0.3 is 0 Å². The van der Waals surface area contributed by atoms with Crippen LogP contribution in [0.2, 0.25) is 0 Å². The number of carbonyl (C=O) groups is 1. The van der Waals surface area contributed by atoms with Crippen LogP contribution in [0.1, 0.15) is 32.0 Å². The summed E-state index contributed by atoms with van der Waals surface area (Å²) >= 11 is 1.44. The lowest BCUT2D eigenvalue weighted by molar-refractivity contribution is -0.132. The summed E-state index contributed by atoms with van der Waals surface area (Å²) in [5.74, 6) is 1.19. The predicted molar refractivity (Wildman–Crippen MR) is 109 cm³/mol. The summed E-state index contributed by atoms with van der Waals surface area (Å²) in [6.45, 7) is 11.7. The molecule has 0 spiro atoms. The molecule has 2 aromatic heterocycles. The number of amides is 1. The van der Waals surface area contributed by atoms with E-state index >= 15 is 0 Å². The molecule has 2 aromatic rings. The van der Waals surface area contributed by atoms with E-state index in [2.05, 4.69) is 41.5 Å². The van der Waals surface area contributed by atoms with E-state index in [1.165, 1.54) is 17.3 Å². The van der Waals surface area contributed by atoms with Gasteiger partial charge in [0, 0.05) is 6.04 Å². The predicted octanol–water partition coefficient (Wildman–Crippen LogP) is 3.59. The summed E-state index contributed by atoms with van der Waals surface area (Å²) in [7, 11) is 0. The fourth-order valence-electron chi connectivity index (χ4n) is 3.51. The first-order valence-corrected chi connectivity index (χ1v) is 10.0. The van der Waals surface area contributed by atoms with E-state index in [0.29, 0.717) is 11.4 Å². The van der Waals surface area contributed by atoms with Crippen molar-refractivity contribution in [2.24, 2.45) is 0 Å². The van der Waals surface area contributed by atoms with Gasteiger partial charge < -0.3 is 4.90 Å². The molecule has 6 nitrogen and oxygen atoms in total. The highest BCUT2D eigenvalue weighted by Gasteiger charge is 2.31. The van der Waals surface area contributed by atoms with Crippen molar-refractivity contribution in [3.05, 3.63) is 54.9 Å². The topological polar surface area (TPSA) is 63.4 Å². The maximum Gasteiger partial charge on any atom is 0.233 e. The monoisotopic (exact) mass is 383 g/mol. The molecule has 1 amide bonds. The smallest absolute Gasteiger partial charge is 0.233 e.